The van der Waals surface area contributed by atoms with Gasteiger partial charge in [0, 0.05) is 0 Å². The van der Waals surface area contributed by atoms with E-state index in [-0.39, 0.29) is 35.7 Å². The summed E-state index contributed by atoms with van der Waals surface area (Å²) >= 11 is 0. The Hall–Kier alpha value is 0.960. The van der Waals surface area contributed by atoms with Crippen molar-refractivity contribution in [2.24, 2.45) is 11.8 Å². The number of rotatable bonds is 0. The van der Waals surface area contributed by atoms with E-state index in [2.05, 4.69) is 13.8 Å². The van der Waals surface area contributed by atoms with Crippen molar-refractivity contribution in [2.45, 2.75) is 39.2 Å². The van der Waals surface area contributed by atoms with Gasteiger partial charge < -0.3 is 5.11 Å². The SMILES string of the molecule is CC1CCCC(O)C1C.[NaH]. The van der Waals surface area contributed by atoms with Gasteiger partial charge in [0.05, 0.1) is 6.10 Å². The number of hydrogen-bond acceptors (Lipinski definition) is 1. The zero-order valence-corrected chi connectivity index (χ0v) is 6.30. The van der Waals surface area contributed by atoms with E-state index >= 15 is 0 Å². The van der Waals surface area contributed by atoms with E-state index < -0.39 is 0 Å². The third-order valence-electron chi connectivity index (χ3n) is 2.66. The van der Waals surface area contributed by atoms with Crippen molar-refractivity contribution in [1.82, 2.24) is 0 Å². The van der Waals surface area contributed by atoms with Crippen LogP contribution in [0.3, 0.4) is 0 Å². The second-order valence-electron chi connectivity index (χ2n) is 3.33. The Bertz CT molecular complexity index is 85.3. The zero-order valence-electron chi connectivity index (χ0n) is 6.30. The van der Waals surface area contributed by atoms with Crippen LogP contribution in [0.2, 0.25) is 0 Å². The van der Waals surface area contributed by atoms with Gasteiger partial charge in [0.15, 0.2) is 0 Å². The van der Waals surface area contributed by atoms with Crippen LogP contribution in [-0.2, 0) is 0 Å². The molecule has 1 N–H and O–H groups in total. The molecule has 0 spiro atoms. The molecule has 0 aliphatic heterocycles. The van der Waals surface area contributed by atoms with Crippen molar-refractivity contribution in [3.8, 4) is 0 Å². The summed E-state index contributed by atoms with van der Waals surface area (Å²) in [6.07, 6.45) is 3.52. The molecule has 0 heterocycles. The maximum absolute atomic E-state index is 9.35. The summed E-state index contributed by atoms with van der Waals surface area (Å²) in [4.78, 5) is 0. The first kappa shape index (κ1) is 11.0. The quantitative estimate of drug-likeness (QED) is 0.516. The second-order valence-corrected chi connectivity index (χ2v) is 3.33. The molecule has 1 saturated carbocycles. The minimum atomic E-state index is -0.0197. The molecule has 0 radical (unpaired) electrons. The molecule has 2 heteroatoms. The van der Waals surface area contributed by atoms with Crippen LogP contribution < -0.4 is 0 Å². The standard InChI is InChI=1S/C8H16O.Na.H/c1-6-4-3-5-8(9)7(6)2;;/h6-9H,3-5H2,1-2H3;;. The Morgan fingerprint density at radius 3 is 2.20 bits per heavy atom. The van der Waals surface area contributed by atoms with E-state index in [0.29, 0.717) is 5.92 Å². The van der Waals surface area contributed by atoms with Crippen molar-refractivity contribution in [3.63, 3.8) is 0 Å². The van der Waals surface area contributed by atoms with Crippen LogP contribution in [0.4, 0.5) is 0 Å². The Morgan fingerprint density at radius 2 is 1.80 bits per heavy atom. The van der Waals surface area contributed by atoms with E-state index in [9.17, 15) is 5.11 Å². The molecule has 0 amide bonds. The fourth-order valence-electron chi connectivity index (χ4n) is 1.55. The van der Waals surface area contributed by atoms with Crippen LogP contribution >= 0.6 is 0 Å². The molecule has 0 saturated heterocycles. The fourth-order valence-corrected chi connectivity index (χ4v) is 1.55. The summed E-state index contributed by atoms with van der Waals surface area (Å²) < 4.78 is 0. The predicted octanol–water partition coefficient (Wildman–Crippen LogP) is 1.15. The van der Waals surface area contributed by atoms with E-state index in [4.69, 9.17) is 0 Å². The monoisotopic (exact) mass is 152 g/mol. The Balaban J connectivity index is 0.000000810. The first-order valence-corrected chi connectivity index (χ1v) is 3.90. The average Bonchev–Trinajstić information content (AvgIpc) is 1.83. The first-order chi connectivity index (χ1) is 4.22. The first-order valence-electron chi connectivity index (χ1n) is 3.90. The number of aliphatic hydroxyl groups is 1. The average molecular weight is 152 g/mol. The minimum absolute atomic E-state index is 0. The third kappa shape index (κ3) is 2.54. The number of hydrogen-bond donors (Lipinski definition) is 1. The molecule has 3 atom stereocenters. The molecule has 0 aromatic heterocycles. The van der Waals surface area contributed by atoms with Gasteiger partial charge in [-0.3, -0.25) is 0 Å². The van der Waals surface area contributed by atoms with Crippen molar-refractivity contribution >= 4 is 29.6 Å². The van der Waals surface area contributed by atoms with Gasteiger partial charge >= 0.3 is 29.6 Å². The number of aliphatic hydroxyl groups excluding tert-OH is 1. The molecule has 0 bridgehead atoms. The van der Waals surface area contributed by atoms with Gasteiger partial charge in [-0.25, -0.2) is 0 Å². The van der Waals surface area contributed by atoms with Crippen LogP contribution in [0.15, 0.2) is 0 Å². The van der Waals surface area contributed by atoms with Gasteiger partial charge in [-0.1, -0.05) is 26.7 Å². The molecule has 3 unspecified atom stereocenters. The summed E-state index contributed by atoms with van der Waals surface area (Å²) in [5.74, 6) is 1.26. The Morgan fingerprint density at radius 1 is 1.20 bits per heavy atom. The summed E-state index contributed by atoms with van der Waals surface area (Å²) in [5, 5.41) is 9.35. The predicted molar refractivity (Wildman–Crippen MR) is 45.3 cm³/mol. The van der Waals surface area contributed by atoms with Crippen molar-refractivity contribution < 1.29 is 5.11 Å². The van der Waals surface area contributed by atoms with Gasteiger partial charge in [0.2, 0.25) is 0 Å². The van der Waals surface area contributed by atoms with Crippen molar-refractivity contribution in [1.29, 1.82) is 0 Å². The molecule has 1 nitrogen and oxygen atoms in total. The zero-order chi connectivity index (χ0) is 6.85. The van der Waals surface area contributed by atoms with Gasteiger partial charge in [-0.2, -0.15) is 0 Å². The van der Waals surface area contributed by atoms with Gasteiger partial charge in [0.25, 0.3) is 0 Å². The van der Waals surface area contributed by atoms with Crippen LogP contribution in [0.25, 0.3) is 0 Å². The van der Waals surface area contributed by atoms with E-state index in [1.807, 2.05) is 0 Å². The van der Waals surface area contributed by atoms with Gasteiger partial charge in [-0.15, -0.1) is 0 Å². The molecular formula is C8H17NaO. The van der Waals surface area contributed by atoms with E-state index in [1.54, 1.807) is 0 Å². The summed E-state index contributed by atoms with van der Waals surface area (Å²) in [6.45, 7) is 4.38. The topological polar surface area (TPSA) is 20.2 Å². The van der Waals surface area contributed by atoms with Crippen LogP contribution in [0.5, 0.6) is 0 Å². The molecular weight excluding hydrogens is 135 g/mol. The second kappa shape index (κ2) is 4.76. The maximum atomic E-state index is 9.35. The van der Waals surface area contributed by atoms with Crippen molar-refractivity contribution in [3.05, 3.63) is 0 Å². The molecule has 56 valence electrons. The summed E-state index contributed by atoms with van der Waals surface area (Å²) in [5.41, 5.74) is 0. The molecule has 0 aromatic carbocycles. The van der Waals surface area contributed by atoms with E-state index in [1.165, 1.54) is 12.8 Å². The Labute approximate surface area is 85.5 Å². The molecule has 1 fully saturated rings. The molecule has 0 aromatic rings. The van der Waals surface area contributed by atoms with Gasteiger partial charge in [-0.05, 0) is 18.3 Å². The van der Waals surface area contributed by atoms with Gasteiger partial charge in [0.1, 0.15) is 0 Å². The van der Waals surface area contributed by atoms with Crippen molar-refractivity contribution in [2.75, 3.05) is 0 Å². The van der Waals surface area contributed by atoms with Crippen LogP contribution in [-0.4, -0.2) is 40.8 Å². The third-order valence-corrected chi connectivity index (χ3v) is 2.66. The van der Waals surface area contributed by atoms with Crippen LogP contribution in [0.1, 0.15) is 33.1 Å². The molecule has 1 rings (SSSR count). The fraction of sp³-hybridized carbons (Fsp3) is 1.00. The summed E-state index contributed by atoms with van der Waals surface area (Å²) in [7, 11) is 0. The molecule has 1 aliphatic rings. The molecule has 10 heavy (non-hydrogen) atoms. The molecule has 1 aliphatic carbocycles. The van der Waals surface area contributed by atoms with Crippen LogP contribution in [0, 0.1) is 11.8 Å². The van der Waals surface area contributed by atoms with E-state index in [0.717, 1.165) is 12.3 Å². The summed E-state index contributed by atoms with van der Waals surface area (Å²) in [6, 6.07) is 0. The Kier molecular flexibility index (Phi) is 5.22. The normalized spacial score (nSPS) is 40.5.